The Morgan fingerprint density at radius 2 is 1.34 bits per heavy atom. The van der Waals surface area contributed by atoms with Crippen molar-refractivity contribution in [2.45, 2.75) is 74.7 Å². The first kappa shape index (κ1) is 44.5. The lowest BCUT2D eigenvalue weighted by Crippen LogP contribution is -2.26. The molecule has 1 aliphatic carbocycles. The van der Waals surface area contributed by atoms with E-state index in [1.54, 1.807) is 0 Å². The van der Waals surface area contributed by atoms with Crippen LogP contribution in [0.15, 0.2) is 176 Å². The SMILES string of the molecule is C.C#CCCC(C)CC.C/C=C(\C)c1ccc2ccccc2c1.C=C(C)/C=c1/cccc/c1=C1\C=CC=CC1.Cc1ccc(-c2ccc3ccccc3c2)cc1. The van der Waals surface area contributed by atoms with Crippen molar-refractivity contribution in [1.29, 1.82) is 0 Å². The number of benzene rings is 6. The smallest absolute Gasteiger partial charge is 0.00885 e. The van der Waals surface area contributed by atoms with Gasteiger partial charge in [0.25, 0.3) is 0 Å². The van der Waals surface area contributed by atoms with Gasteiger partial charge in [-0.1, -0.05) is 203 Å². The molecule has 0 spiro atoms. The Bertz CT molecular complexity index is 2400. The van der Waals surface area contributed by atoms with Crippen molar-refractivity contribution in [3.63, 3.8) is 0 Å². The molecule has 1 aliphatic rings. The number of aryl methyl sites for hydroxylation is 1. The molecule has 1 atom stereocenters. The van der Waals surface area contributed by atoms with Crippen LogP contribution in [0.3, 0.4) is 0 Å². The first-order valence-electron chi connectivity index (χ1n) is 19.6. The van der Waals surface area contributed by atoms with Gasteiger partial charge in [0.15, 0.2) is 0 Å². The Kier molecular flexibility index (Phi) is 18.9. The van der Waals surface area contributed by atoms with Crippen LogP contribution in [0, 0.1) is 25.2 Å². The van der Waals surface area contributed by atoms with Gasteiger partial charge in [-0.05, 0) is 118 Å². The second-order valence-electron chi connectivity index (χ2n) is 14.3. The van der Waals surface area contributed by atoms with Crippen LogP contribution in [0.4, 0.5) is 0 Å². The lowest BCUT2D eigenvalue weighted by atomic mass is 10.0. The molecule has 0 saturated heterocycles. The van der Waals surface area contributed by atoms with E-state index in [0.29, 0.717) is 0 Å². The monoisotopic (exact) mass is 734 g/mol. The van der Waals surface area contributed by atoms with Gasteiger partial charge in [-0.25, -0.2) is 0 Å². The molecule has 0 radical (unpaired) electrons. The highest BCUT2D eigenvalue weighted by atomic mass is 14.0. The molecule has 0 aliphatic heterocycles. The maximum absolute atomic E-state index is 5.08. The minimum Gasteiger partial charge on any atom is -0.120 e. The van der Waals surface area contributed by atoms with Gasteiger partial charge in [0.2, 0.25) is 0 Å². The van der Waals surface area contributed by atoms with Crippen molar-refractivity contribution in [3.8, 4) is 23.5 Å². The molecule has 0 aromatic heterocycles. The fourth-order valence-corrected chi connectivity index (χ4v) is 6.14. The van der Waals surface area contributed by atoms with E-state index in [1.807, 2.05) is 6.92 Å². The van der Waals surface area contributed by atoms with Gasteiger partial charge in [0.1, 0.15) is 0 Å². The Labute approximate surface area is 339 Å². The maximum Gasteiger partial charge on any atom is 0.00885 e. The Balaban J connectivity index is 0.000000205. The molecule has 0 saturated carbocycles. The average molecular weight is 735 g/mol. The summed E-state index contributed by atoms with van der Waals surface area (Å²) in [5, 5.41) is 7.77. The molecule has 56 heavy (non-hydrogen) atoms. The third-order valence-electron chi connectivity index (χ3n) is 9.84. The Morgan fingerprint density at radius 3 is 1.93 bits per heavy atom. The predicted molar refractivity (Wildman–Crippen MR) is 253 cm³/mol. The summed E-state index contributed by atoms with van der Waals surface area (Å²) in [6, 6.07) is 47.3. The van der Waals surface area contributed by atoms with Crippen LogP contribution < -0.4 is 10.4 Å². The van der Waals surface area contributed by atoms with Crippen LogP contribution in [0.1, 0.15) is 78.9 Å². The van der Waals surface area contributed by atoms with E-state index in [4.69, 9.17) is 6.42 Å². The highest BCUT2D eigenvalue weighted by Gasteiger charge is 2.00. The fraction of sp³-hybridized carbons (Fsp3) is 0.214. The van der Waals surface area contributed by atoms with Crippen LogP contribution in [-0.2, 0) is 0 Å². The van der Waals surface area contributed by atoms with Crippen LogP contribution in [0.5, 0.6) is 0 Å². The topological polar surface area (TPSA) is 0 Å². The van der Waals surface area contributed by atoms with Crippen molar-refractivity contribution in [3.05, 3.63) is 198 Å². The molecule has 1 unspecified atom stereocenters. The molecule has 286 valence electrons. The molecule has 0 nitrogen and oxygen atoms in total. The zero-order chi connectivity index (χ0) is 39.4. The van der Waals surface area contributed by atoms with E-state index in [9.17, 15) is 0 Å². The number of allylic oxidation sites excluding steroid dienone is 7. The van der Waals surface area contributed by atoms with Crippen molar-refractivity contribution in [2.75, 3.05) is 0 Å². The lowest BCUT2D eigenvalue weighted by Gasteiger charge is -2.04. The number of hydrogen-bond donors (Lipinski definition) is 0. The van der Waals surface area contributed by atoms with E-state index in [2.05, 4.69) is 217 Å². The van der Waals surface area contributed by atoms with Crippen LogP contribution in [0.25, 0.3) is 49.9 Å². The zero-order valence-electron chi connectivity index (χ0n) is 33.9. The summed E-state index contributed by atoms with van der Waals surface area (Å²) in [7, 11) is 0. The van der Waals surface area contributed by atoms with E-state index in [1.165, 1.54) is 78.2 Å². The largest absolute Gasteiger partial charge is 0.120 e. The molecule has 0 bridgehead atoms. The summed E-state index contributed by atoms with van der Waals surface area (Å²) in [6.07, 6.45) is 22.3. The van der Waals surface area contributed by atoms with Crippen LogP contribution >= 0.6 is 0 Å². The first-order chi connectivity index (χ1) is 26.7. The molecule has 6 aromatic carbocycles. The van der Waals surface area contributed by atoms with Gasteiger partial charge >= 0.3 is 0 Å². The standard InChI is InChI=1S/C17H14.C16H16.C14H14.C8H14.CH4/c1-13-6-8-15(9-7-13)17-11-10-14-4-2-3-5-16(14)12-17;1-13(2)12-15-10-6-7-11-16(15)14-8-4-3-5-9-14;1-3-11(2)13-9-8-12-6-4-5-7-14(12)10-13;1-4-6-7-8(3)5-2;/h2-12H,1H3;3-8,10-12H,1,9H2,2H3;3-10H,1-2H3;1,8H,5-7H2,2-3H3;1H4/b;15-12-,16-14-;11-3+;;. The number of hydrogen-bond acceptors (Lipinski definition) is 0. The van der Waals surface area contributed by atoms with Crippen molar-refractivity contribution >= 4 is 38.8 Å². The van der Waals surface area contributed by atoms with Gasteiger partial charge in [0, 0.05) is 6.42 Å². The van der Waals surface area contributed by atoms with Crippen LogP contribution in [-0.4, -0.2) is 0 Å². The molecule has 0 N–H and O–H groups in total. The summed E-state index contributed by atoms with van der Waals surface area (Å²) >= 11 is 0. The van der Waals surface area contributed by atoms with E-state index >= 15 is 0 Å². The fourth-order valence-electron chi connectivity index (χ4n) is 6.14. The Hall–Kier alpha value is -5.90. The minimum atomic E-state index is 0. The molecular weight excluding hydrogens is 673 g/mol. The maximum atomic E-state index is 5.08. The number of terminal acetylenes is 1. The molecule has 0 heterocycles. The molecule has 7 rings (SSSR count). The molecule has 6 aromatic rings. The second kappa shape index (κ2) is 23.8. The summed E-state index contributed by atoms with van der Waals surface area (Å²) in [5.41, 5.74) is 8.96. The summed E-state index contributed by atoms with van der Waals surface area (Å²) in [5.74, 6) is 3.44. The molecule has 0 fully saturated rings. The summed E-state index contributed by atoms with van der Waals surface area (Å²) in [4.78, 5) is 0. The van der Waals surface area contributed by atoms with Gasteiger partial charge in [0.05, 0.1) is 0 Å². The average Bonchev–Trinajstić information content (AvgIpc) is 3.23. The summed E-state index contributed by atoms with van der Waals surface area (Å²) < 4.78 is 0. The number of fused-ring (bicyclic) bond motifs is 2. The zero-order valence-corrected chi connectivity index (χ0v) is 33.9. The van der Waals surface area contributed by atoms with Gasteiger partial charge < -0.3 is 0 Å². The quantitative estimate of drug-likeness (QED) is 0.150. The van der Waals surface area contributed by atoms with Gasteiger partial charge in [-0.2, -0.15) is 0 Å². The van der Waals surface area contributed by atoms with E-state index in [-0.39, 0.29) is 7.43 Å². The minimum absolute atomic E-state index is 0. The third-order valence-corrected chi connectivity index (χ3v) is 9.84. The van der Waals surface area contributed by atoms with E-state index < -0.39 is 0 Å². The number of rotatable bonds is 6. The highest BCUT2D eigenvalue weighted by molar-refractivity contribution is 5.87. The molecule has 0 amide bonds. The van der Waals surface area contributed by atoms with Gasteiger partial charge in [-0.3, -0.25) is 0 Å². The lowest BCUT2D eigenvalue weighted by molar-refractivity contribution is 0.525. The predicted octanol–water partition coefficient (Wildman–Crippen LogP) is 14.9. The highest BCUT2D eigenvalue weighted by Crippen LogP contribution is 2.25. The third kappa shape index (κ3) is 14.1. The summed E-state index contributed by atoms with van der Waals surface area (Å²) in [6.45, 7) is 16.7. The molecular formula is C56H62. The first-order valence-corrected chi connectivity index (χ1v) is 19.6. The normalized spacial score (nSPS) is 13.4. The molecule has 0 heteroatoms. The van der Waals surface area contributed by atoms with Crippen LogP contribution in [0.2, 0.25) is 0 Å². The Morgan fingerprint density at radius 1 is 0.750 bits per heavy atom. The van der Waals surface area contributed by atoms with Gasteiger partial charge in [-0.15, -0.1) is 12.3 Å². The van der Waals surface area contributed by atoms with Crippen molar-refractivity contribution in [2.24, 2.45) is 5.92 Å². The van der Waals surface area contributed by atoms with Crippen molar-refractivity contribution < 1.29 is 0 Å². The van der Waals surface area contributed by atoms with Crippen molar-refractivity contribution in [1.82, 2.24) is 0 Å². The van der Waals surface area contributed by atoms with E-state index in [0.717, 1.165) is 24.3 Å². The second-order valence-corrected chi connectivity index (χ2v) is 14.3.